The Kier molecular flexibility index (Phi) is 6.42. The van der Waals surface area contributed by atoms with Crippen LogP contribution in [-0.2, 0) is 13.0 Å². The van der Waals surface area contributed by atoms with Gasteiger partial charge in [-0.2, -0.15) is 0 Å². The first kappa shape index (κ1) is 19.6. The summed E-state index contributed by atoms with van der Waals surface area (Å²) in [5.74, 6) is 2.36. The van der Waals surface area contributed by atoms with Crippen molar-refractivity contribution in [2.45, 2.75) is 19.9 Å². The van der Waals surface area contributed by atoms with E-state index in [0.29, 0.717) is 18.8 Å². The molecule has 2 aromatic carbocycles. The Balaban J connectivity index is 1.65. The summed E-state index contributed by atoms with van der Waals surface area (Å²) in [6.07, 6.45) is 0.754. The monoisotopic (exact) mass is 381 g/mol. The van der Waals surface area contributed by atoms with Gasteiger partial charge in [-0.1, -0.05) is 24.3 Å². The minimum absolute atomic E-state index is 0.147. The van der Waals surface area contributed by atoms with Crippen LogP contribution >= 0.6 is 0 Å². The number of furan rings is 1. The average Bonchev–Trinajstić information content (AvgIpc) is 3.10. The Morgan fingerprint density at radius 1 is 1.21 bits per heavy atom. The molecule has 2 N–H and O–H groups in total. The van der Waals surface area contributed by atoms with Crippen molar-refractivity contribution < 1.29 is 14.3 Å². The fraction of sp³-hybridized carbons (Fsp3) is 0.318. The van der Waals surface area contributed by atoms with E-state index in [4.69, 9.17) is 14.1 Å². The minimum Gasteiger partial charge on any atom is -0.504 e. The van der Waals surface area contributed by atoms with Gasteiger partial charge in [-0.05, 0) is 43.2 Å². The van der Waals surface area contributed by atoms with Crippen molar-refractivity contribution in [1.29, 1.82) is 0 Å². The molecule has 1 heterocycles. The molecule has 0 radical (unpaired) electrons. The summed E-state index contributed by atoms with van der Waals surface area (Å²) in [6, 6.07) is 15.5. The van der Waals surface area contributed by atoms with Crippen LogP contribution in [0.3, 0.4) is 0 Å². The number of benzene rings is 2. The molecule has 28 heavy (non-hydrogen) atoms. The first-order valence-corrected chi connectivity index (χ1v) is 9.43. The number of hydrogen-bond donors (Lipinski definition) is 2. The third kappa shape index (κ3) is 4.76. The number of phenols is 1. The summed E-state index contributed by atoms with van der Waals surface area (Å²) in [5.41, 5.74) is 1.96. The molecule has 0 aliphatic rings. The summed E-state index contributed by atoms with van der Waals surface area (Å²) in [6.45, 7) is 4.10. The van der Waals surface area contributed by atoms with E-state index in [1.54, 1.807) is 13.2 Å². The Hall–Kier alpha value is -3.15. The normalized spacial score (nSPS) is 11.6. The van der Waals surface area contributed by atoms with Gasteiger partial charge < -0.3 is 24.5 Å². The Morgan fingerprint density at radius 2 is 2.04 bits per heavy atom. The number of nitrogens with one attached hydrogen (secondary N) is 1. The topological polar surface area (TPSA) is 70.2 Å². The molecule has 3 rings (SSSR count). The van der Waals surface area contributed by atoms with Crippen molar-refractivity contribution in [2.75, 3.05) is 27.2 Å². The zero-order valence-electron chi connectivity index (χ0n) is 16.6. The van der Waals surface area contributed by atoms with Gasteiger partial charge in [0.15, 0.2) is 17.5 Å². The van der Waals surface area contributed by atoms with Gasteiger partial charge in [-0.25, -0.2) is 0 Å². The number of guanidine groups is 1. The summed E-state index contributed by atoms with van der Waals surface area (Å²) in [4.78, 5) is 6.78. The third-order valence-electron chi connectivity index (χ3n) is 4.47. The van der Waals surface area contributed by atoms with Gasteiger partial charge in [0.1, 0.15) is 11.3 Å². The number of rotatable bonds is 7. The lowest BCUT2D eigenvalue weighted by Crippen LogP contribution is -2.38. The molecule has 0 saturated heterocycles. The molecular formula is C22H27N3O3. The molecule has 0 bridgehead atoms. The molecule has 0 aliphatic heterocycles. The number of hydrogen-bond acceptors (Lipinski definition) is 4. The van der Waals surface area contributed by atoms with Crippen LogP contribution in [0.1, 0.15) is 18.2 Å². The number of methoxy groups -OCH3 is 1. The molecule has 0 fully saturated rings. The summed E-state index contributed by atoms with van der Waals surface area (Å²) in [7, 11) is 3.55. The van der Waals surface area contributed by atoms with E-state index >= 15 is 0 Å². The molecule has 0 unspecified atom stereocenters. The molecule has 6 heteroatoms. The average molecular weight is 381 g/mol. The number of aromatic hydroxyl groups is 1. The third-order valence-corrected chi connectivity index (χ3v) is 4.47. The van der Waals surface area contributed by atoms with E-state index < -0.39 is 0 Å². The van der Waals surface area contributed by atoms with Crippen LogP contribution in [0.5, 0.6) is 11.5 Å². The number of aliphatic imine (C=N–C) groups is 1. The number of fused-ring (bicyclic) bond motifs is 1. The van der Waals surface area contributed by atoms with Crippen molar-refractivity contribution >= 4 is 16.9 Å². The predicted molar refractivity (Wildman–Crippen MR) is 112 cm³/mol. The maximum absolute atomic E-state index is 9.71. The molecule has 0 amide bonds. The lowest BCUT2D eigenvalue weighted by atomic mass is 10.1. The van der Waals surface area contributed by atoms with Gasteiger partial charge >= 0.3 is 0 Å². The highest BCUT2D eigenvalue weighted by Crippen LogP contribution is 2.26. The minimum atomic E-state index is 0.147. The first-order chi connectivity index (χ1) is 13.6. The summed E-state index contributed by atoms with van der Waals surface area (Å²) in [5, 5.41) is 14.1. The van der Waals surface area contributed by atoms with E-state index in [2.05, 4.69) is 23.2 Å². The van der Waals surface area contributed by atoms with Crippen LogP contribution in [0.25, 0.3) is 11.0 Å². The van der Waals surface area contributed by atoms with E-state index in [0.717, 1.165) is 41.2 Å². The Labute approximate surface area is 165 Å². The molecule has 0 atom stereocenters. The highest BCUT2D eigenvalue weighted by molar-refractivity contribution is 5.80. The second-order valence-electron chi connectivity index (χ2n) is 6.60. The lowest BCUT2D eigenvalue weighted by Gasteiger charge is -2.21. The number of para-hydroxylation sites is 1. The molecule has 1 aromatic heterocycles. The summed E-state index contributed by atoms with van der Waals surface area (Å²) < 4.78 is 11.1. The van der Waals surface area contributed by atoms with Gasteiger partial charge in [-0.15, -0.1) is 0 Å². The van der Waals surface area contributed by atoms with E-state index in [1.807, 2.05) is 43.4 Å². The van der Waals surface area contributed by atoms with Gasteiger partial charge in [0.05, 0.1) is 13.7 Å². The Morgan fingerprint density at radius 3 is 2.79 bits per heavy atom. The fourth-order valence-electron chi connectivity index (χ4n) is 3.06. The molecular weight excluding hydrogens is 354 g/mol. The maximum Gasteiger partial charge on any atom is 0.194 e. The van der Waals surface area contributed by atoms with E-state index in [-0.39, 0.29) is 5.75 Å². The van der Waals surface area contributed by atoms with Crippen molar-refractivity contribution in [1.82, 2.24) is 10.2 Å². The van der Waals surface area contributed by atoms with Crippen molar-refractivity contribution in [2.24, 2.45) is 4.99 Å². The van der Waals surface area contributed by atoms with Gasteiger partial charge in [0.25, 0.3) is 0 Å². The quantitative estimate of drug-likeness (QED) is 0.481. The van der Waals surface area contributed by atoms with Gasteiger partial charge in [-0.3, -0.25) is 4.99 Å². The molecule has 0 spiro atoms. The zero-order valence-corrected chi connectivity index (χ0v) is 16.6. The maximum atomic E-state index is 9.71. The summed E-state index contributed by atoms with van der Waals surface area (Å²) >= 11 is 0. The van der Waals surface area contributed by atoms with Crippen LogP contribution < -0.4 is 10.1 Å². The molecule has 148 valence electrons. The molecule has 6 nitrogen and oxygen atoms in total. The lowest BCUT2D eigenvalue weighted by molar-refractivity contribution is 0.373. The van der Waals surface area contributed by atoms with Crippen molar-refractivity contribution in [3.05, 3.63) is 59.9 Å². The highest BCUT2D eigenvalue weighted by Gasteiger charge is 2.10. The van der Waals surface area contributed by atoms with Crippen molar-refractivity contribution in [3.8, 4) is 11.5 Å². The first-order valence-electron chi connectivity index (χ1n) is 9.43. The largest absolute Gasteiger partial charge is 0.504 e. The van der Waals surface area contributed by atoms with Crippen LogP contribution in [0.2, 0.25) is 0 Å². The fourth-order valence-corrected chi connectivity index (χ4v) is 3.06. The second-order valence-corrected chi connectivity index (χ2v) is 6.60. The second kappa shape index (κ2) is 9.17. The van der Waals surface area contributed by atoms with Crippen LogP contribution in [0.4, 0.5) is 0 Å². The molecule has 0 saturated carbocycles. The smallest absolute Gasteiger partial charge is 0.194 e. The molecule has 3 aromatic rings. The standard InChI is InChI=1S/C22H27N3O3/c1-4-23-22(24-12-11-16-9-10-19(26)21(13-16)27-3)25(2)15-18-14-17-7-5-6-8-20(17)28-18/h5-10,13-14,26H,4,11-12,15H2,1-3H3,(H,23,24). The van der Waals surface area contributed by atoms with Crippen LogP contribution in [-0.4, -0.2) is 43.2 Å². The number of nitrogens with zero attached hydrogens (tertiary/aromatic N) is 2. The SMILES string of the molecule is CCNC(=NCCc1ccc(O)c(OC)c1)N(C)Cc1cc2ccccc2o1. The number of phenolic OH excluding ortho intramolecular Hbond substituents is 1. The number of ether oxygens (including phenoxy) is 1. The van der Waals surface area contributed by atoms with Crippen molar-refractivity contribution in [3.63, 3.8) is 0 Å². The predicted octanol–water partition coefficient (Wildman–Crippen LogP) is 3.79. The van der Waals surface area contributed by atoms with E-state index in [9.17, 15) is 5.11 Å². The molecule has 0 aliphatic carbocycles. The van der Waals surface area contributed by atoms with Crippen LogP contribution in [0.15, 0.2) is 57.9 Å². The van der Waals surface area contributed by atoms with Gasteiger partial charge in [0.2, 0.25) is 0 Å². The highest BCUT2D eigenvalue weighted by atomic mass is 16.5. The van der Waals surface area contributed by atoms with E-state index in [1.165, 1.54) is 0 Å². The van der Waals surface area contributed by atoms with Crippen LogP contribution in [0, 0.1) is 0 Å². The van der Waals surface area contributed by atoms with Gasteiger partial charge in [0, 0.05) is 25.5 Å². The zero-order chi connectivity index (χ0) is 19.9. The Bertz CT molecular complexity index is 916.